The van der Waals surface area contributed by atoms with Gasteiger partial charge in [0.2, 0.25) is 0 Å². The van der Waals surface area contributed by atoms with Crippen LogP contribution in [-0.4, -0.2) is 18.6 Å². The molecule has 1 aromatic rings. The molecule has 0 aliphatic carbocycles. The first-order chi connectivity index (χ1) is 5.75. The van der Waals surface area contributed by atoms with E-state index in [1.54, 1.807) is 0 Å². The van der Waals surface area contributed by atoms with E-state index in [2.05, 4.69) is 16.5 Å². The molecule has 2 nitrogen and oxygen atoms in total. The SMILES string of the molecule is CN1CCc2ccc(Cl)cc2N1. The number of hydrogen-bond donors (Lipinski definition) is 1. The van der Waals surface area contributed by atoms with Crippen molar-refractivity contribution in [1.82, 2.24) is 5.01 Å². The molecule has 12 heavy (non-hydrogen) atoms. The number of rotatable bonds is 0. The van der Waals surface area contributed by atoms with Crippen LogP contribution in [0.2, 0.25) is 5.02 Å². The number of hydrogen-bond acceptors (Lipinski definition) is 2. The van der Waals surface area contributed by atoms with E-state index in [1.807, 2.05) is 19.2 Å². The second-order valence-electron chi connectivity index (χ2n) is 3.08. The molecule has 0 spiro atoms. The lowest BCUT2D eigenvalue weighted by molar-refractivity contribution is 0.392. The van der Waals surface area contributed by atoms with Crippen LogP contribution in [0.3, 0.4) is 0 Å². The zero-order valence-electron chi connectivity index (χ0n) is 6.97. The van der Waals surface area contributed by atoms with Crippen molar-refractivity contribution in [3.63, 3.8) is 0 Å². The van der Waals surface area contributed by atoms with E-state index in [-0.39, 0.29) is 0 Å². The van der Waals surface area contributed by atoms with Crippen LogP contribution in [0.4, 0.5) is 5.69 Å². The number of halogens is 1. The number of hydrazine groups is 1. The molecule has 0 unspecified atom stereocenters. The molecule has 1 aliphatic heterocycles. The van der Waals surface area contributed by atoms with Crippen molar-refractivity contribution in [2.75, 3.05) is 19.0 Å². The summed E-state index contributed by atoms with van der Waals surface area (Å²) < 4.78 is 0. The third-order valence-electron chi connectivity index (χ3n) is 2.10. The van der Waals surface area contributed by atoms with Gasteiger partial charge in [-0.25, -0.2) is 5.01 Å². The van der Waals surface area contributed by atoms with Crippen LogP contribution in [0.25, 0.3) is 0 Å². The number of anilines is 1. The maximum atomic E-state index is 5.87. The Morgan fingerprint density at radius 2 is 2.33 bits per heavy atom. The Morgan fingerprint density at radius 3 is 3.17 bits per heavy atom. The Bertz CT molecular complexity index is 299. The molecule has 0 aromatic heterocycles. The quantitative estimate of drug-likeness (QED) is 0.662. The first-order valence-corrected chi connectivity index (χ1v) is 4.40. The Balaban J connectivity index is 2.37. The summed E-state index contributed by atoms with van der Waals surface area (Å²) in [5, 5.41) is 2.86. The van der Waals surface area contributed by atoms with Crippen molar-refractivity contribution in [3.8, 4) is 0 Å². The molecule has 1 N–H and O–H groups in total. The first kappa shape index (κ1) is 7.90. The van der Waals surface area contributed by atoms with Gasteiger partial charge in [0.15, 0.2) is 0 Å². The molecule has 1 aromatic carbocycles. The fourth-order valence-corrected chi connectivity index (χ4v) is 1.59. The van der Waals surface area contributed by atoms with Gasteiger partial charge >= 0.3 is 0 Å². The second kappa shape index (κ2) is 2.96. The Labute approximate surface area is 77.1 Å². The number of nitrogens with zero attached hydrogens (tertiary/aromatic N) is 1. The minimum atomic E-state index is 0.788. The lowest BCUT2D eigenvalue weighted by Gasteiger charge is -2.26. The van der Waals surface area contributed by atoms with Gasteiger partial charge in [0.1, 0.15) is 0 Å². The van der Waals surface area contributed by atoms with E-state index in [0.29, 0.717) is 0 Å². The van der Waals surface area contributed by atoms with Crippen molar-refractivity contribution in [3.05, 3.63) is 28.8 Å². The molecule has 0 fully saturated rings. The Kier molecular flexibility index (Phi) is 1.95. The summed E-state index contributed by atoms with van der Waals surface area (Å²) in [6.45, 7) is 1.05. The summed E-state index contributed by atoms with van der Waals surface area (Å²) in [4.78, 5) is 0. The van der Waals surface area contributed by atoms with Crippen molar-refractivity contribution >= 4 is 17.3 Å². The lowest BCUT2D eigenvalue weighted by atomic mass is 10.1. The van der Waals surface area contributed by atoms with Gasteiger partial charge in [0.05, 0.1) is 5.69 Å². The van der Waals surface area contributed by atoms with Crippen molar-refractivity contribution in [2.45, 2.75) is 6.42 Å². The molecule has 2 rings (SSSR count). The highest BCUT2D eigenvalue weighted by Gasteiger charge is 2.11. The molecule has 0 saturated heterocycles. The third-order valence-corrected chi connectivity index (χ3v) is 2.33. The van der Waals surface area contributed by atoms with Gasteiger partial charge in [-0.1, -0.05) is 17.7 Å². The summed E-state index contributed by atoms with van der Waals surface area (Å²) >= 11 is 5.87. The topological polar surface area (TPSA) is 15.3 Å². The van der Waals surface area contributed by atoms with Crippen LogP contribution in [0.5, 0.6) is 0 Å². The molecule has 0 radical (unpaired) electrons. The molecule has 3 heteroatoms. The van der Waals surface area contributed by atoms with Gasteiger partial charge in [-0.05, 0) is 24.1 Å². The van der Waals surface area contributed by atoms with E-state index in [1.165, 1.54) is 5.56 Å². The first-order valence-electron chi connectivity index (χ1n) is 4.02. The monoisotopic (exact) mass is 182 g/mol. The molecular formula is C9H11ClN2. The van der Waals surface area contributed by atoms with Gasteiger partial charge in [0, 0.05) is 18.6 Å². The van der Waals surface area contributed by atoms with Crippen molar-refractivity contribution in [2.24, 2.45) is 0 Å². The summed E-state index contributed by atoms with van der Waals surface area (Å²) in [7, 11) is 2.03. The Hall–Kier alpha value is -0.730. The van der Waals surface area contributed by atoms with Crippen molar-refractivity contribution in [1.29, 1.82) is 0 Å². The minimum Gasteiger partial charge on any atom is -0.319 e. The summed E-state index contributed by atoms with van der Waals surface area (Å²) in [5.41, 5.74) is 5.73. The average Bonchev–Trinajstić information content (AvgIpc) is 2.03. The van der Waals surface area contributed by atoms with Crippen molar-refractivity contribution < 1.29 is 0 Å². The third kappa shape index (κ3) is 1.40. The average molecular weight is 183 g/mol. The highest BCUT2D eigenvalue weighted by Crippen LogP contribution is 2.24. The fraction of sp³-hybridized carbons (Fsp3) is 0.333. The van der Waals surface area contributed by atoms with Crippen LogP contribution in [0, 0.1) is 0 Å². The van der Waals surface area contributed by atoms with Crippen LogP contribution >= 0.6 is 11.6 Å². The van der Waals surface area contributed by atoms with E-state index < -0.39 is 0 Å². The number of benzene rings is 1. The standard InChI is InChI=1S/C9H11ClN2/c1-12-5-4-7-2-3-8(10)6-9(7)11-12/h2-3,6,11H,4-5H2,1H3. The second-order valence-corrected chi connectivity index (χ2v) is 3.52. The molecule has 64 valence electrons. The van der Waals surface area contributed by atoms with E-state index in [4.69, 9.17) is 11.6 Å². The summed E-state index contributed by atoms with van der Waals surface area (Å²) in [5.74, 6) is 0. The van der Waals surface area contributed by atoms with Crippen LogP contribution in [0.1, 0.15) is 5.56 Å². The number of likely N-dealkylation sites (N-methyl/N-ethyl adjacent to an activating group) is 1. The Morgan fingerprint density at radius 1 is 1.50 bits per heavy atom. The maximum absolute atomic E-state index is 5.87. The molecule has 0 atom stereocenters. The van der Waals surface area contributed by atoms with E-state index >= 15 is 0 Å². The van der Waals surface area contributed by atoms with Gasteiger partial charge in [-0.2, -0.15) is 0 Å². The van der Waals surface area contributed by atoms with E-state index in [0.717, 1.165) is 23.7 Å². The highest BCUT2D eigenvalue weighted by atomic mass is 35.5. The van der Waals surface area contributed by atoms with Crippen LogP contribution in [0.15, 0.2) is 18.2 Å². The normalized spacial score (nSPS) is 16.8. The smallest absolute Gasteiger partial charge is 0.0537 e. The highest BCUT2D eigenvalue weighted by molar-refractivity contribution is 6.30. The number of nitrogens with one attached hydrogen (secondary N) is 1. The van der Waals surface area contributed by atoms with Crippen LogP contribution in [-0.2, 0) is 6.42 Å². The van der Waals surface area contributed by atoms with Crippen LogP contribution < -0.4 is 5.43 Å². The molecule has 1 aliphatic rings. The zero-order valence-corrected chi connectivity index (χ0v) is 7.73. The van der Waals surface area contributed by atoms with Gasteiger partial charge in [-0.15, -0.1) is 0 Å². The molecule has 0 amide bonds. The predicted octanol–water partition coefficient (Wildman–Crippen LogP) is 2.15. The summed E-state index contributed by atoms with van der Waals surface area (Å²) in [6, 6.07) is 5.98. The predicted molar refractivity (Wildman–Crippen MR) is 51.4 cm³/mol. The number of fused-ring (bicyclic) bond motifs is 1. The zero-order chi connectivity index (χ0) is 8.55. The largest absolute Gasteiger partial charge is 0.319 e. The molecule has 1 heterocycles. The van der Waals surface area contributed by atoms with E-state index in [9.17, 15) is 0 Å². The summed E-state index contributed by atoms with van der Waals surface area (Å²) in [6.07, 6.45) is 1.09. The van der Waals surface area contributed by atoms with Gasteiger partial charge in [-0.3, -0.25) is 0 Å². The molecular weight excluding hydrogens is 172 g/mol. The fourth-order valence-electron chi connectivity index (χ4n) is 1.42. The minimum absolute atomic E-state index is 0.788. The molecule has 0 bridgehead atoms. The lowest BCUT2D eigenvalue weighted by Crippen LogP contribution is -2.32. The maximum Gasteiger partial charge on any atom is 0.0537 e. The van der Waals surface area contributed by atoms with Gasteiger partial charge < -0.3 is 5.43 Å². The van der Waals surface area contributed by atoms with Gasteiger partial charge in [0.25, 0.3) is 0 Å². The molecule has 0 saturated carbocycles.